The van der Waals surface area contributed by atoms with Gasteiger partial charge in [-0.05, 0) is 50.0 Å². The van der Waals surface area contributed by atoms with Gasteiger partial charge in [0.05, 0.1) is 0 Å². The average Bonchev–Trinajstić information content (AvgIpc) is 2.54. The van der Waals surface area contributed by atoms with Crippen molar-refractivity contribution in [1.29, 1.82) is 0 Å². The van der Waals surface area contributed by atoms with Crippen LogP contribution in [0.25, 0.3) is 0 Å². The largest absolute Gasteiger partial charge is 0.352 e. The second-order valence-corrected chi connectivity index (χ2v) is 6.36. The van der Waals surface area contributed by atoms with Gasteiger partial charge in [0.15, 0.2) is 0 Å². The van der Waals surface area contributed by atoms with Gasteiger partial charge in [-0.1, -0.05) is 31.2 Å². The zero-order valence-corrected chi connectivity index (χ0v) is 13.9. The summed E-state index contributed by atoms with van der Waals surface area (Å²) in [5.74, 6) is 0.967. The molecule has 0 aromatic heterocycles. The molecule has 1 aromatic carbocycles. The number of rotatable bonds is 7. The third-order valence-electron chi connectivity index (χ3n) is 4.47. The van der Waals surface area contributed by atoms with E-state index in [0.29, 0.717) is 13.0 Å². The number of amides is 1. The van der Waals surface area contributed by atoms with Gasteiger partial charge in [-0.15, -0.1) is 0 Å². The number of carbonyl (C=O) groups excluding carboxylic acids is 1. The molecule has 1 saturated heterocycles. The molecule has 4 heteroatoms. The zero-order chi connectivity index (χ0) is 15.8. The predicted octanol–water partition coefficient (Wildman–Crippen LogP) is 2.14. The van der Waals surface area contributed by atoms with Crippen molar-refractivity contribution in [3.63, 3.8) is 0 Å². The normalized spacial score (nSPS) is 16.6. The molecule has 1 aliphatic heterocycles. The highest BCUT2D eigenvalue weighted by molar-refractivity contribution is 5.76. The fourth-order valence-corrected chi connectivity index (χ4v) is 2.87. The Balaban J connectivity index is 1.88. The van der Waals surface area contributed by atoms with Crippen molar-refractivity contribution in [2.24, 2.45) is 5.92 Å². The van der Waals surface area contributed by atoms with Crippen molar-refractivity contribution in [2.75, 3.05) is 26.7 Å². The van der Waals surface area contributed by atoms with Crippen LogP contribution >= 0.6 is 0 Å². The molecule has 2 rings (SSSR count). The summed E-state index contributed by atoms with van der Waals surface area (Å²) in [5, 5.41) is 6.02. The minimum absolute atomic E-state index is 0.107. The van der Waals surface area contributed by atoms with Crippen LogP contribution in [0.2, 0.25) is 0 Å². The van der Waals surface area contributed by atoms with Gasteiger partial charge in [0.2, 0.25) is 5.91 Å². The fourth-order valence-electron chi connectivity index (χ4n) is 2.87. The summed E-state index contributed by atoms with van der Waals surface area (Å²) in [5.41, 5.74) is 2.57. The molecule has 4 nitrogen and oxygen atoms in total. The molecule has 1 amide bonds. The molecule has 0 aliphatic carbocycles. The Hall–Kier alpha value is -1.39. The maximum absolute atomic E-state index is 11.8. The topological polar surface area (TPSA) is 44.4 Å². The third kappa shape index (κ3) is 5.43. The van der Waals surface area contributed by atoms with Crippen molar-refractivity contribution in [1.82, 2.24) is 15.5 Å². The van der Waals surface area contributed by atoms with Gasteiger partial charge in [-0.2, -0.15) is 0 Å². The molecule has 0 spiro atoms. The Morgan fingerprint density at radius 3 is 2.59 bits per heavy atom. The van der Waals surface area contributed by atoms with Gasteiger partial charge in [0.1, 0.15) is 0 Å². The number of hydrogen-bond acceptors (Lipinski definition) is 3. The maximum atomic E-state index is 11.8. The summed E-state index contributed by atoms with van der Waals surface area (Å²) in [6, 6.07) is 8.46. The minimum atomic E-state index is 0.107. The molecule has 1 heterocycles. The molecule has 1 fully saturated rings. The molecule has 22 heavy (non-hydrogen) atoms. The number of hydrogen-bond donors (Lipinski definition) is 2. The van der Waals surface area contributed by atoms with Crippen LogP contribution < -0.4 is 10.6 Å². The second-order valence-electron chi connectivity index (χ2n) is 6.36. The van der Waals surface area contributed by atoms with Crippen molar-refractivity contribution in [3.8, 4) is 0 Å². The lowest BCUT2D eigenvalue weighted by Crippen LogP contribution is -2.33. The van der Waals surface area contributed by atoms with Crippen LogP contribution in [0.4, 0.5) is 0 Å². The summed E-state index contributed by atoms with van der Waals surface area (Å²) in [6.07, 6.45) is 3.12. The highest BCUT2D eigenvalue weighted by Crippen LogP contribution is 2.19. The summed E-state index contributed by atoms with van der Waals surface area (Å²) in [6.45, 7) is 7.05. The molecule has 2 N–H and O–H groups in total. The molecule has 0 saturated carbocycles. The first kappa shape index (κ1) is 17.0. The lowest BCUT2D eigenvalue weighted by atomic mass is 9.98. The summed E-state index contributed by atoms with van der Waals surface area (Å²) >= 11 is 0. The quantitative estimate of drug-likeness (QED) is 0.811. The van der Waals surface area contributed by atoms with Gasteiger partial charge in [0.25, 0.3) is 0 Å². The first-order chi connectivity index (χ1) is 10.7. The number of likely N-dealkylation sites (tertiary alicyclic amines) is 1. The molecule has 122 valence electrons. The number of benzene rings is 1. The van der Waals surface area contributed by atoms with E-state index in [1.54, 1.807) is 0 Å². The molecule has 1 aromatic rings. The van der Waals surface area contributed by atoms with Crippen molar-refractivity contribution in [3.05, 3.63) is 35.4 Å². The number of nitrogens with one attached hydrogen (secondary N) is 2. The Labute approximate surface area is 134 Å². The fraction of sp³-hybridized carbons (Fsp3) is 0.611. The Morgan fingerprint density at radius 1 is 1.23 bits per heavy atom. The van der Waals surface area contributed by atoms with Crippen LogP contribution in [0.15, 0.2) is 24.3 Å². The van der Waals surface area contributed by atoms with E-state index in [1.165, 1.54) is 37.1 Å². The van der Waals surface area contributed by atoms with Gasteiger partial charge < -0.3 is 10.6 Å². The SMILES string of the molecule is CNCCC(=O)NCc1ccccc1CN1CCC(C)CC1. The van der Waals surface area contributed by atoms with Crippen molar-refractivity contribution in [2.45, 2.75) is 39.3 Å². The molecule has 0 bridgehead atoms. The third-order valence-corrected chi connectivity index (χ3v) is 4.47. The van der Waals surface area contributed by atoms with Crippen LogP contribution in [-0.2, 0) is 17.9 Å². The monoisotopic (exact) mass is 303 g/mol. The first-order valence-electron chi connectivity index (χ1n) is 8.39. The average molecular weight is 303 g/mol. The predicted molar refractivity (Wildman–Crippen MR) is 90.5 cm³/mol. The molecule has 0 radical (unpaired) electrons. The highest BCUT2D eigenvalue weighted by atomic mass is 16.1. The van der Waals surface area contributed by atoms with Crippen molar-refractivity contribution < 1.29 is 4.79 Å². The molecule has 0 unspecified atom stereocenters. The van der Waals surface area contributed by atoms with E-state index in [1.807, 2.05) is 7.05 Å². The van der Waals surface area contributed by atoms with E-state index in [-0.39, 0.29) is 5.91 Å². The Morgan fingerprint density at radius 2 is 1.91 bits per heavy atom. The zero-order valence-electron chi connectivity index (χ0n) is 13.9. The van der Waals surface area contributed by atoms with Crippen LogP contribution in [0.5, 0.6) is 0 Å². The standard InChI is InChI=1S/C18H29N3O/c1-15-8-11-21(12-9-15)14-17-6-4-3-5-16(17)13-20-18(22)7-10-19-2/h3-6,15,19H,7-14H2,1-2H3,(H,20,22). The summed E-state index contributed by atoms with van der Waals surface area (Å²) < 4.78 is 0. The first-order valence-corrected chi connectivity index (χ1v) is 8.39. The maximum Gasteiger partial charge on any atom is 0.221 e. The van der Waals surface area contributed by atoms with E-state index in [2.05, 4.69) is 46.7 Å². The number of nitrogens with zero attached hydrogens (tertiary/aromatic N) is 1. The highest BCUT2D eigenvalue weighted by Gasteiger charge is 2.16. The number of piperidine rings is 1. The van der Waals surface area contributed by atoms with Gasteiger partial charge >= 0.3 is 0 Å². The van der Waals surface area contributed by atoms with Crippen LogP contribution in [-0.4, -0.2) is 37.5 Å². The van der Waals surface area contributed by atoms with Crippen molar-refractivity contribution >= 4 is 5.91 Å². The van der Waals surface area contributed by atoms with E-state index in [9.17, 15) is 4.79 Å². The van der Waals surface area contributed by atoms with E-state index < -0.39 is 0 Å². The lowest BCUT2D eigenvalue weighted by molar-refractivity contribution is -0.121. The second kappa shape index (κ2) is 8.91. The molecule has 1 aliphatic rings. The molecular formula is C18H29N3O. The molecular weight excluding hydrogens is 274 g/mol. The van der Waals surface area contributed by atoms with Crippen LogP contribution in [0, 0.1) is 5.92 Å². The van der Waals surface area contributed by atoms with Gasteiger partial charge in [-0.25, -0.2) is 0 Å². The lowest BCUT2D eigenvalue weighted by Gasteiger charge is -2.30. The minimum Gasteiger partial charge on any atom is -0.352 e. The van der Waals surface area contributed by atoms with E-state index in [4.69, 9.17) is 0 Å². The summed E-state index contributed by atoms with van der Waals surface area (Å²) in [4.78, 5) is 14.3. The Bertz CT molecular complexity index is 467. The van der Waals surface area contributed by atoms with E-state index >= 15 is 0 Å². The van der Waals surface area contributed by atoms with Crippen LogP contribution in [0.3, 0.4) is 0 Å². The van der Waals surface area contributed by atoms with Gasteiger partial charge in [-0.3, -0.25) is 9.69 Å². The van der Waals surface area contributed by atoms with Crippen LogP contribution in [0.1, 0.15) is 37.3 Å². The smallest absolute Gasteiger partial charge is 0.221 e. The molecule has 0 atom stereocenters. The number of carbonyl (C=O) groups is 1. The Kier molecular flexibility index (Phi) is 6.87. The van der Waals surface area contributed by atoms with Gasteiger partial charge in [0, 0.05) is 26.1 Å². The van der Waals surface area contributed by atoms with E-state index in [0.717, 1.165) is 19.0 Å². The summed E-state index contributed by atoms with van der Waals surface area (Å²) in [7, 11) is 1.86.